The maximum absolute atomic E-state index is 11.7. The average molecular weight is 267 g/mol. The Morgan fingerprint density at radius 2 is 1.83 bits per heavy atom. The van der Waals surface area contributed by atoms with Crippen molar-refractivity contribution >= 4 is 17.7 Å². The second kappa shape index (κ2) is 6.78. The van der Waals surface area contributed by atoms with E-state index in [1.165, 1.54) is 4.90 Å². The zero-order valence-corrected chi connectivity index (χ0v) is 12.1. The first-order chi connectivity index (χ1) is 8.40. The molecule has 0 aliphatic carbocycles. The van der Waals surface area contributed by atoms with Gasteiger partial charge in [0.25, 0.3) is 5.91 Å². The molecule has 0 aliphatic rings. The molecule has 0 saturated carbocycles. The predicted molar refractivity (Wildman–Crippen MR) is 76.2 cm³/mol. The Morgan fingerprint density at radius 1 is 1.28 bits per heavy atom. The summed E-state index contributed by atoms with van der Waals surface area (Å²) in [6.07, 6.45) is 0. The van der Waals surface area contributed by atoms with Crippen LogP contribution in [0.25, 0.3) is 0 Å². The molecule has 1 unspecified atom stereocenters. The molecule has 3 N–H and O–H groups in total. The van der Waals surface area contributed by atoms with Crippen LogP contribution in [0.4, 0.5) is 0 Å². The molecule has 18 heavy (non-hydrogen) atoms. The van der Waals surface area contributed by atoms with Crippen LogP contribution in [0.3, 0.4) is 0 Å². The highest BCUT2D eigenvalue weighted by Gasteiger charge is 2.15. The fraction of sp³-hybridized carbons (Fsp3) is 0.462. The minimum Gasteiger partial charge on any atom is -0.316 e. The van der Waals surface area contributed by atoms with Gasteiger partial charge in [0.1, 0.15) is 6.04 Å². The van der Waals surface area contributed by atoms with E-state index in [-0.39, 0.29) is 5.91 Å². The van der Waals surface area contributed by atoms with Crippen molar-refractivity contribution in [3.05, 3.63) is 29.8 Å². The highest BCUT2D eigenvalue weighted by atomic mass is 32.2. The van der Waals surface area contributed by atoms with Crippen LogP contribution in [0.15, 0.2) is 29.2 Å². The fourth-order valence-electron chi connectivity index (χ4n) is 1.47. The van der Waals surface area contributed by atoms with Gasteiger partial charge < -0.3 is 5.73 Å². The van der Waals surface area contributed by atoms with Crippen molar-refractivity contribution in [1.82, 2.24) is 10.4 Å². The van der Waals surface area contributed by atoms with Crippen LogP contribution in [0.5, 0.6) is 0 Å². The molecule has 0 saturated heterocycles. The van der Waals surface area contributed by atoms with Gasteiger partial charge in [0.15, 0.2) is 0 Å². The van der Waals surface area contributed by atoms with Gasteiger partial charge in [-0.05, 0) is 17.7 Å². The summed E-state index contributed by atoms with van der Waals surface area (Å²) >= 11 is 1.79. The molecule has 5 heteroatoms. The monoisotopic (exact) mass is 267 g/mol. The second-order valence-electron chi connectivity index (χ2n) is 4.58. The maximum Gasteiger partial charge on any atom is 0.255 e. The lowest BCUT2D eigenvalue weighted by atomic mass is 10.1. The van der Waals surface area contributed by atoms with Crippen LogP contribution in [0.2, 0.25) is 0 Å². The molecule has 1 atom stereocenters. The van der Waals surface area contributed by atoms with Gasteiger partial charge in [0, 0.05) is 24.2 Å². The van der Waals surface area contributed by atoms with E-state index in [9.17, 15) is 4.79 Å². The molecule has 0 spiro atoms. The summed E-state index contributed by atoms with van der Waals surface area (Å²) in [7, 11) is 3.51. The number of benzene rings is 1. The minimum absolute atomic E-state index is 0.204. The average Bonchev–Trinajstić information content (AvgIpc) is 2.27. The normalized spacial score (nSPS) is 12.8. The molecule has 1 aromatic rings. The number of nitrogens with two attached hydrogens (primary N) is 1. The van der Waals surface area contributed by atoms with Crippen molar-refractivity contribution in [2.75, 3.05) is 14.1 Å². The third-order valence-electron chi connectivity index (χ3n) is 2.23. The topological polar surface area (TPSA) is 58.4 Å². The zero-order chi connectivity index (χ0) is 13.7. The first kappa shape index (κ1) is 15.0. The van der Waals surface area contributed by atoms with Gasteiger partial charge in [-0.25, -0.2) is 5.01 Å². The zero-order valence-electron chi connectivity index (χ0n) is 11.3. The van der Waals surface area contributed by atoms with E-state index in [0.717, 1.165) is 5.56 Å². The molecule has 0 fully saturated rings. The highest BCUT2D eigenvalue weighted by Crippen LogP contribution is 2.24. The minimum atomic E-state index is -0.634. The van der Waals surface area contributed by atoms with Crippen LogP contribution in [-0.2, 0) is 4.79 Å². The van der Waals surface area contributed by atoms with E-state index in [1.54, 1.807) is 30.9 Å². The standard InChI is InChI=1S/C13H21N3OS/c1-9(2)18-11-7-5-10(6-8-11)12(14)13(17)15-16(3)4/h5-9,12H,14H2,1-4H3,(H,15,17). The number of carbonyl (C=O) groups is 1. The molecule has 1 amide bonds. The molecule has 0 aliphatic heterocycles. The lowest BCUT2D eigenvalue weighted by Crippen LogP contribution is -2.41. The molecule has 4 nitrogen and oxygen atoms in total. The summed E-state index contributed by atoms with van der Waals surface area (Å²) in [5.74, 6) is -0.204. The number of hydrogen-bond donors (Lipinski definition) is 2. The van der Waals surface area contributed by atoms with Gasteiger partial charge in [-0.2, -0.15) is 0 Å². The lowest BCUT2D eigenvalue weighted by Gasteiger charge is -2.17. The van der Waals surface area contributed by atoms with E-state index in [2.05, 4.69) is 19.3 Å². The van der Waals surface area contributed by atoms with Crippen LogP contribution in [0.1, 0.15) is 25.5 Å². The molecule has 0 bridgehead atoms. The molecule has 100 valence electrons. The van der Waals surface area contributed by atoms with E-state index < -0.39 is 6.04 Å². The Morgan fingerprint density at radius 3 is 2.28 bits per heavy atom. The van der Waals surface area contributed by atoms with Crippen LogP contribution in [-0.4, -0.2) is 30.3 Å². The summed E-state index contributed by atoms with van der Waals surface area (Å²) in [6.45, 7) is 4.30. The second-order valence-corrected chi connectivity index (χ2v) is 6.23. The quantitative estimate of drug-likeness (QED) is 0.631. The molecule has 1 rings (SSSR count). The summed E-state index contributed by atoms with van der Waals surface area (Å²) in [6, 6.07) is 7.19. The van der Waals surface area contributed by atoms with Gasteiger partial charge in [-0.3, -0.25) is 10.2 Å². The SMILES string of the molecule is CC(C)Sc1ccc(C(N)C(=O)NN(C)C)cc1. The summed E-state index contributed by atoms with van der Waals surface area (Å²) < 4.78 is 0. The van der Waals surface area contributed by atoms with Crippen molar-refractivity contribution in [3.63, 3.8) is 0 Å². The number of nitrogens with zero attached hydrogens (tertiary/aromatic N) is 1. The van der Waals surface area contributed by atoms with Crippen molar-refractivity contribution in [3.8, 4) is 0 Å². The number of amides is 1. The molecular weight excluding hydrogens is 246 g/mol. The highest BCUT2D eigenvalue weighted by molar-refractivity contribution is 7.99. The number of hydrazine groups is 1. The Balaban J connectivity index is 2.69. The molecule has 0 heterocycles. The van der Waals surface area contributed by atoms with Crippen molar-refractivity contribution in [2.45, 2.75) is 30.0 Å². The van der Waals surface area contributed by atoms with E-state index in [0.29, 0.717) is 5.25 Å². The Kier molecular flexibility index (Phi) is 5.65. The van der Waals surface area contributed by atoms with Crippen molar-refractivity contribution in [1.29, 1.82) is 0 Å². The maximum atomic E-state index is 11.7. The van der Waals surface area contributed by atoms with Gasteiger partial charge in [0.05, 0.1) is 0 Å². The third kappa shape index (κ3) is 4.68. The number of hydrogen-bond acceptors (Lipinski definition) is 4. The largest absolute Gasteiger partial charge is 0.316 e. The van der Waals surface area contributed by atoms with E-state index in [4.69, 9.17) is 5.73 Å². The fourth-order valence-corrected chi connectivity index (χ4v) is 2.30. The Labute approximate surface area is 113 Å². The van der Waals surface area contributed by atoms with Crippen LogP contribution >= 0.6 is 11.8 Å². The Bertz CT molecular complexity index is 390. The molecule has 0 radical (unpaired) electrons. The first-order valence-electron chi connectivity index (χ1n) is 5.90. The van der Waals surface area contributed by atoms with Crippen LogP contribution in [0, 0.1) is 0 Å². The number of carbonyl (C=O) groups excluding carboxylic acids is 1. The third-order valence-corrected chi connectivity index (χ3v) is 3.24. The van der Waals surface area contributed by atoms with Gasteiger partial charge in [0.2, 0.25) is 0 Å². The van der Waals surface area contributed by atoms with Gasteiger partial charge in [-0.15, -0.1) is 11.8 Å². The van der Waals surface area contributed by atoms with Crippen LogP contribution < -0.4 is 11.2 Å². The Hall–Kier alpha value is -1.04. The van der Waals surface area contributed by atoms with E-state index >= 15 is 0 Å². The van der Waals surface area contributed by atoms with Crippen molar-refractivity contribution in [2.24, 2.45) is 5.73 Å². The van der Waals surface area contributed by atoms with Gasteiger partial charge >= 0.3 is 0 Å². The van der Waals surface area contributed by atoms with Crippen molar-refractivity contribution < 1.29 is 4.79 Å². The summed E-state index contributed by atoms with van der Waals surface area (Å²) in [5, 5.41) is 2.13. The van der Waals surface area contributed by atoms with E-state index in [1.807, 2.05) is 24.3 Å². The lowest BCUT2D eigenvalue weighted by molar-refractivity contribution is -0.126. The molecule has 1 aromatic carbocycles. The van der Waals surface area contributed by atoms with Gasteiger partial charge in [-0.1, -0.05) is 26.0 Å². The molecule has 0 aromatic heterocycles. The first-order valence-corrected chi connectivity index (χ1v) is 6.78. The number of thioether (sulfide) groups is 1. The number of rotatable bonds is 5. The number of nitrogens with one attached hydrogen (secondary N) is 1. The smallest absolute Gasteiger partial charge is 0.255 e. The predicted octanol–water partition coefficient (Wildman–Crippen LogP) is 1.78. The summed E-state index contributed by atoms with van der Waals surface area (Å²) in [4.78, 5) is 12.9. The molecular formula is C13H21N3OS. The summed E-state index contributed by atoms with van der Waals surface area (Å²) in [5.41, 5.74) is 9.37.